The summed E-state index contributed by atoms with van der Waals surface area (Å²) >= 11 is 18.4. The zero-order valence-corrected chi connectivity index (χ0v) is 15.3. The van der Waals surface area contributed by atoms with Crippen molar-refractivity contribution in [3.05, 3.63) is 32.8 Å². The van der Waals surface area contributed by atoms with Crippen molar-refractivity contribution < 1.29 is 0 Å². The minimum absolute atomic E-state index is 0.423. The number of hydrogen-bond acceptors (Lipinski definition) is 2. The van der Waals surface area contributed by atoms with Crippen LogP contribution in [0.3, 0.4) is 0 Å². The number of nitrogens with zero attached hydrogens (tertiary/aromatic N) is 1. The molecule has 0 aliphatic carbocycles. The molecule has 5 heteroatoms. The minimum atomic E-state index is 0.423. The van der Waals surface area contributed by atoms with E-state index in [-0.39, 0.29) is 0 Å². The molecule has 2 nitrogen and oxygen atoms in total. The highest BCUT2D eigenvalue weighted by Crippen LogP contribution is 2.31. The number of hydrogen-bond donors (Lipinski definition) is 1. The van der Waals surface area contributed by atoms with Gasteiger partial charge in [0, 0.05) is 23.2 Å². The van der Waals surface area contributed by atoms with Gasteiger partial charge in [-0.05, 0) is 51.5 Å². The van der Waals surface area contributed by atoms with E-state index in [1.807, 2.05) is 0 Å². The van der Waals surface area contributed by atoms with E-state index < -0.39 is 0 Å². The van der Waals surface area contributed by atoms with Gasteiger partial charge in [-0.25, -0.2) is 0 Å². The molecule has 21 heavy (non-hydrogen) atoms. The fourth-order valence-electron chi connectivity index (χ4n) is 2.27. The molecule has 0 aliphatic rings. The molecule has 1 aromatic rings. The van der Waals surface area contributed by atoms with Crippen molar-refractivity contribution >= 4 is 34.8 Å². The lowest BCUT2D eigenvalue weighted by Gasteiger charge is -2.20. The molecule has 0 heterocycles. The van der Waals surface area contributed by atoms with Crippen LogP contribution in [0.1, 0.15) is 39.2 Å². The van der Waals surface area contributed by atoms with Gasteiger partial charge in [0.2, 0.25) is 0 Å². The monoisotopic (exact) mass is 350 g/mol. The molecule has 0 radical (unpaired) electrons. The first-order valence-corrected chi connectivity index (χ1v) is 8.71. The van der Waals surface area contributed by atoms with Gasteiger partial charge in [0.15, 0.2) is 0 Å². The Morgan fingerprint density at radius 3 is 2.33 bits per heavy atom. The molecule has 0 aromatic heterocycles. The Labute approximate surface area is 143 Å². The summed E-state index contributed by atoms with van der Waals surface area (Å²) in [6.45, 7) is 10.6. The van der Waals surface area contributed by atoms with Crippen LogP contribution in [0.2, 0.25) is 15.1 Å². The normalized spacial score (nSPS) is 12.9. The maximum atomic E-state index is 6.20. The van der Waals surface area contributed by atoms with Crippen molar-refractivity contribution in [2.75, 3.05) is 19.6 Å². The van der Waals surface area contributed by atoms with Gasteiger partial charge in [-0.1, -0.05) is 48.7 Å². The fraction of sp³-hybridized carbons (Fsp3) is 0.625. The molecule has 120 valence electrons. The predicted molar refractivity (Wildman–Crippen MR) is 94.8 cm³/mol. The summed E-state index contributed by atoms with van der Waals surface area (Å²) in [6.07, 6.45) is 2.32. The number of rotatable bonds is 9. The standard InChI is InChI=1S/C16H25Cl3N2/c1-4-21(5-2)10-6-7-12(3)20-11-13-14(17)8-9-15(18)16(13)19/h8-9,12,20H,4-7,10-11H2,1-3H3. The lowest BCUT2D eigenvalue weighted by molar-refractivity contribution is 0.290. The van der Waals surface area contributed by atoms with Gasteiger partial charge in [-0.15, -0.1) is 0 Å². The summed E-state index contributed by atoms with van der Waals surface area (Å²) in [6, 6.07) is 3.94. The third-order valence-corrected chi connectivity index (χ3v) is 4.97. The van der Waals surface area contributed by atoms with Gasteiger partial charge in [0.05, 0.1) is 10.0 Å². The zero-order chi connectivity index (χ0) is 15.8. The molecule has 0 bridgehead atoms. The van der Waals surface area contributed by atoms with Gasteiger partial charge in [0.1, 0.15) is 0 Å². The Hall–Kier alpha value is 0.01000. The van der Waals surface area contributed by atoms with Gasteiger partial charge >= 0.3 is 0 Å². The van der Waals surface area contributed by atoms with E-state index in [1.54, 1.807) is 12.1 Å². The largest absolute Gasteiger partial charge is 0.310 e. The number of nitrogens with one attached hydrogen (secondary N) is 1. The second-order valence-corrected chi connectivity index (χ2v) is 6.47. The van der Waals surface area contributed by atoms with Crippen LogP contribution in [0, 0.1) is 0 Å². The van der Waals surface area contributed by atoms with Crippen LogP contribution in [0.25, 0.3) is 0 Å². The lowest BCUT2D eigenvalue weighted by Crippen LogP contribution is -2.29. The number of benzene rings is 1. The third-order valence-electron chi connectivity index (χ3n) is 3.77. The first-order valence-electron chi connectivity index (χ1n) is 7.57. The fourth-order valence-corrected chi connectivity index (χ4v) is 2.95. The molecule has 0 spiro atoms. The Bertz CT molecular complexity index is 434. The van der Waals surface area contributed by atoms with Gasteiger partial charge in [0.25, 0.3) is 0 Å². The Balaban J connectivity index is 2.40. The molecule has 0 saturated heterocycles. The van der Waals surface area contributed by atoms with Crippen LogP contribution in [-0.2, 0) is 6.54 Å². The van der Waals surface area contributed by atoms with Crippen LogP contribution in [0.5, 0.6) is 0 Å². The highest BCUT2D eigenvalue weighted by atomic mass is 35.5. The average molecular weight is 352 g/mol. The molecular formula is C16H25Cl3N2. The van der Waals surface area contributed by atoms with Crippen molar-refractivity contribution in [3.8, 4) is 0 Å². The Morgan fingerprint density at radius 2 is 1.71 bits per heavy atom. The lowest BCUT2D eigenvalue weighted by atomic mass is 10.1. The molecule has 1 aromatic carbocycles. The summed E-state index contributed by atoms with van der Waals surface area (Å²) < 4.78 is 0. The molecule has 1 N–H and O–H groups in total. The van der Waals surface area contributed by atoms with Crippen LogP contribution < -0.4 is 5.32 Å². The SMILES string of the molecule is CCN(CC)CCCC(C)NCc1c(Cl)ccc(Cl)c1Cl. The van der Waals surface area contributed by atoms with E-state index in [1.165, 1.54) is 6.42 Å². The average Bonchev–Trinajstić information content (AvgIpc) is 2.47. The van der Waals surface area contributed by atoms with Gasteiger partial charge in [-0.2, -0.15) is 0 Å². The first-order chi connectivity index (χ1) is 9.99. The molecule has 0 amide bonds. The summed E-state index contributed by atoms with van der Waals surface area (Å²) in [4.78, 5) is 2.44. The van der Waals surface area contributed by atoms with Crippen molar-refractivity contribution in [2.24, 2.45) is 0 Å². The first kappa shape index (κ1) is 19.1. The summed E-state index contributed by atoms with van der Waals surface area (Å²) in [7, 11) is 0. The van der Waals surface area contributed by atoms with Crippen molar-refractivity contribution in [3.63, 3.8) is 0 Å². The van der Waals surface area contributed by atoms with Crippen molar-refractivity contribution in [1.82, 2.24) is 10.2 Å². The van der Waals surface area contributed by atoms with Gasteiger partial charge in [-0.3, -0.25) is 0 Å². The van der Waals surface area contributed by atoms with E-state index in [0.29, 0.717) is 27.7 Å². The van der Waals surface area contributed by atoms with E-state index in [4.69, 9.17) is 34.8 Å². The quantitative estimate of drug-likeness (QED) is 0.611. The number of halogens is 3. The molecule has 0 aliphatic heterocycles. The van der Waals surface area contributed by atoms with E-state index >= 15 is 0 Å². The summed E-state index contributed by atoms with van der Waals surface area (Å²) in [5.74, 6) is 0. The third kappa shape index (κ3) is 6.33. The minimum Gasteiger partial charge on any atom is -0.310 e. The van der Waals surface area contributed by atoms with E-state index in [9.17, 15) is 0 Å². The summed E-state index contributed by atoms with van der Waals surface area (Å²) in [5.41, 5.74) is 0.876. The second-order valence-electron chi connectivity index (χ2n) is 5.27. The van der Waals surface area contributed by atoms with E-state index in [2.05, 4.69) is 31.0 Å². The smallest absolute Gasteiger partial charge is 0.0652 e. The molecule has 1 atom stereocenters. The highest BCUT2D eigenvalue weighted by Gasteiger charge is 2.11. The molecule has 1 unspecified atom stereocenters. The van der Waals surface area contributed by atoms with Crippen molar-refractivity contribution in [2.45, 2.75) is 46.2 Å². The van der Waals surface area contributed by atoms with Crippen LogP contribution in [-0.4, -0.2) is 30.6 Å². The second kappa shape index (κ2) is 9.91. The summed E-state index contributed by atoms with van der Waals surface area (Å²) in [5, 5.41) is 5.23. The zero-order valence-electron chi connectivity index (χ0n) is 13.1. The van der Waals surface area contributed by atoms with Crippen LogP contribution >= 0.6 is 34.8 Å². The van der Waals surface area contributed by atoms with Gasteiger partial charge < -0.3 is 10.2 Å². The predicted octanol–water partition coefficient (Wildman–Crippen LogP) is 5.25. The molecular weight excluding hydrogens is 327 g/mol. The van der Waals surface area contributed by atoms with E-state index in [0.717, 1.165) is 31.6 Å². The van der Waals surface area contributed by atoms with Crippen molar-refractivity contribution in [1.29, 1.82) is 0 Å². The Morgan fingerprint density at radius 1 is 1.10 bits per heavy atom. The maximum absolute atomic E-state index is 6.20. The topological polar surface area (TPSA) is 15.3 Å². The van der Waals surface area contributed by atoms with Crippen LogP contribution in [0.4, 0.5) is 0 Å². The maximum Gasteiger partial charge on any atom is 0.0652 e. The van der Waals surface area contributed by atoms with Crippen LogP contribution in [0.15, 0.2) is 12.1 Å². The molecule has 1 rings (SSSR count). The Kier molecular flexibility index (Phi) is 9.00. The molecule has 0 saturated carbocycles. The molecule has 0 fully saturated rings. The highest BCUT2D eigenvalue weighted by molar-refractivity contribution is 6.44.